The molecule has 8 bridgehead atoms. The van der Waals surface area contributed by atoms with Gasteiger partial charge in [0, 0.05) is 78.5 Å². The minimum absolute atomic E-state index is 0.269. The minimum Gasteiger partial charge on any atom is -0.361 e. The quantitative estimate of drug-likeness (QED) is 0.121. The van der Waals surface area contributed by atoms with E-state index in [1.54, 1.807) is 10.6 Å². The maximum absolute atomic E-state index is 4.11. The van der Waals surface area contributed by atoms with Crippen molar-refractivity contribution in [3.05, 3.63) is 131 Å². The van der Waals surface area contributed by atoms with E-state index in [2.05, 4.69) is 194 Å². The van der Waals surface area contributed by atoms with E-state index in [4.69, 9.17) is 0 Å². The molecule has 4 N–H and O–H groups in total. The standard InChI is InChI=1S/C41H56N4P12/c1-18-19(2)22(5)34(23(6)20(18)3)36-30-13-10-27(42-30)16-28-11-15-32(43-28)37(38-25(8)21(4)33(45-38)17-29-12-14-31(36)44-29)35-24(7)26(9)39(54(47)48)41(55(49)53-46)40(35)56(50)57(51)52/h10-17,21,25,42-45,53H,46-52H2,1-9H3. The molecule has 12 atom stereocenters. The van der Waals surface area contributed by atoms with Crippen molar-refractivity contribution in [2.75, 3.05) is 0 Å². The Hall–Kier alpha value is 0.460. The van der Waals surface area contributed by atoms with Crippen LogP contribution in [0.1, 0.15) is 86.7 Å². The molecule has 300 valence electrons. The molecule has 2 aromatic carbocycles. The van der Waals surface area contributed by atoms with Crippen LogP contribution in [-0.4, -0.2) is 15.0 Å². The number of fused-ring (bicyclic) bond motifs is 8. The topological polar surface area (TPSA) is 59.4 Å². The number of allylic oxidation sites excluding steroid dienone is 2. The number of benzene rings is 2. The van der Waals surface area contributed by atoms with Gasteiger partial charge in [0.05, 0.1) is 0 Å². The maximum Gasteiger partial charge on any atom is 0.0485 e. The van der Waals surface area contributed by atoms with Crippen LogP contribution in [0.2, 0.25) is 0 Å². The van der Waals surface area contributed by atoms with E-state index < -0.39 is 28.9 Å². The highest BCUT2D eigenvalue weighted by Crippen LogP contribution is 2.83. The molecule has 0 radical (unpaired) electrons. The average Bonchev–Trinajstić information content (AvgIpc) is 3.99. The van der Waals surface area contributed by atoms with Crippen LogP contribution >= 0.6 is 99.3 Å². The third-order valence-electron chi connectivity index (χ3n) is 12.4. The van der Waals surface area contributed by atoms with Gasteiger partial charge in [0.2, 0.25) is 0 Å². The minimum atomic E-state index is -0.563. The van der Waals surface area contributed by atoms with Crippen LogP contribution in [0.5, 0.6) is 0 Å². The van der Waals surface area contributed by atoms with Crippen molar-refractivity contribution in [3.8, 4) is 0 Å². The third-order valence-corrected chi connectivity index (χ3v) is 41.3. The van der Waals surface area contributed by atoms with Gasteiger partial charge in [0.1, 0.15) is 0 Å². The Kier molecular flexibility index (Phi) is 14.6. The molecule has 5 heterocycles. The summed E-state index contributed by atoms with van der Waals surface area (Å²) in [7, 11) is 21.7. The summed E-state index contributed by atoms with van der Waals surface area (Å²) in [5, 5.41) is 11.0. The van der Waals surface area contributed by atoms with Crippen LogP contribution in [0.25, 0.3) is 23.3 Å². The highest BCUT2D eigenvalue weighted by Gasteiger charge is 2.37. The summed E-state index contributed by atoms with van der Waals surface area (Å²) in [6.07, 6.45) is 4.61. The van der Waals surface area contributed by atoms with E-state index in [1.807, 2.05) is 0 Å². The van der Waals surface area contributed by atoms with Crippen LogP contribution in [0, 0.1) is 60.3 Å². The van der Waals surface area contributed by atoms with Gasteiger partial charge in [0.25, 0.3) is 0 Å². The molecule has 0 spiro atoms. The van der Waals surface area contributed by atoms with Crippen LogP contribution < -0.4 is 31.9 Å². The molecule has 57 heavy (non-hydrogen) atoms. The van der Waals surface area contributed by atoms with Crippen molar-refractivity contribution in [2.24, 2.45) is 11.8 Å². The first-order valence-electron chi connectivity index (χ1n) is 18.9. The Labute approximate surface area is 362 Å². The van der Waals surface area contributed by atoms with Crippen molar-refractivity contribution in [2.45, 2.75) is 62.3 Å². The Morgan fingerprint density at radius 2 is 1.12 bits per heavy atom. The zero-order valence-electron chi connectivity index (χ0n) is 34.1. The van der Waals surface area contributed by atoms with Gasteiger partial charge >= 0.3 is 0 Å². The Balaban J connectivity index is 1.59. The first-order chi connectivity index (χ1) is 27.0. The van der Waals surface area contributed by atoms with Crippen molar-refractivity contribution >= 4 is 139 Å². The smallest absolute Gasteiger partial charge is 0.0485 e. The monoisotopic (exact) mass is 976 g/mol. The lowest BCUT2D eigenvalue weighted by molar-refractivity contribution is 0.561. The summed E-state index contributed by atoms with van der Waals surface area (Å²) in [6, 6.07) is 13.6. The van der Waals surface area contributed by atoms with Crippen LogP contribution in [0.4, 0.5) is 0 Å². The molecule has 0 aliphatic carbocycles. The van der Waals surface area contributed by atoms with E-state index in [-0.39, 0.29) is 5.92 Å². The van der Waals surface area contributed by atoms with E-state index >= 15 is 0 Å². The van der Waals surface area contributed by atoms with Gasteiger partial charge in [-0.3, -0.25) is 0 Å². The maximum atomic E-state index is 4.11. The van der Waals surface area contributed by atoms with E-state index in [9.17, 15) is 0 Å². The molecule has 0 amide bonds. The highest BCUT2D eigenvalue weighted by atomic mass is 32.8. The highest BCUT2D eigenvalue weighted by molar-refractivity contribution is 8.83. The van der Waals surface area contributed by atoms with Gasteiger partial charge in [-0.1, -0.05) is 21.8 Å². The van der Waals surface area contributed by atoms with Crippen molar-refractivity contribution < 1.29 is 0 Å². The van der Waals surface area contributed by atoms with Gasteiger partial charge in [-0.2, -0.15) is 0 Å². The summed E-state index contributed by atoms with van der Waals surface area (Å²) in [5.74, 6) is 0.561. The number of H-pyrrole nitrogens is 3. The van der Waals surface area contributed by atoms with Gasteiger partial charge in [-0.25, -0.2) is 0 Å². The number of aromatic nitrogens is 3. The fraction of sp³-hybridized carbons (Fsp3) is 0.268. The first-order valence-corrected chi connectivity index (χ1v) is 38.3. The second-order valence-electron chi connectivity index (χ2n) is 15.4. The van der Waals surface area contributed by atoms with Gasteiger partial charge in [0.15, 0.2) is 0 Å². The predicted octanol–water partition coefficient (Wildman–Crippen LogP) is 11.7. The van der Waals surface area contributed by atoms with Crippen LogP contribution in [0.3, 0.4) is 0 Å². The zero-order chi connectivity index (χ0) is 41.4. The molecule has 0 saturated carbocycles. The number of nitrogens with one attached hydrogen (secondary N) is 4. The normalized spacial score (nSPS) is 18.2. The summed E-state index contributed by atoms with van der Waals surface area (Å²) < 4.78 is 0. The molecule has 7 rings (SSSR count). The van der Waals surface area contributed by atoms with E-state index in [0.717, 1.165) is 41.4 Å². The Morgan fingerprint density at radius 1 is 0.561 bits per heavy atom. The summed E-state index contributed by atoms with van der Waals surface area (Å²) in [6.45, 7) is 20.5. The van der Waals surface area contributed by atoms with Crippen LogP contribution in [-0.2, 0) is 0 Å². The molecule has 12 unspecified atom stereocenters. The fourth-order valence-corrected chi connectivity index (χ4v) is 24.3. The fourth-order valence-electron chi connectivity index (χ4n) is 8.53. The number of aromatic amines is 3. The molecular formula is C41H56N4P12. The van der Waals surface area contributed by atoms with Gasteiger partial charge in [-0.15, -0.1) is 62.5 Å². The van der Waals surface area contributed by atoms with Gasteiger partial charge in [-0.05, 0) is 181 Å². The summed E-state index contributed by atoms with van der Waals surface area (Å²) in [4.78, 5) is 11.7. The second-order valence-corrected chi connectivity index (χ2v) is 46.0. The predicted molar refractivity (Wildman–Crippen MR) is 291 cm³/mol. The lowest BCUT2D eigenvalue weighted by Crippen LogP contribution is -2.36. The molecule has 4 nitrogen and oxygen atoms in total. The van der Waals surface area contributed by atoms with Gasteiger partial charge < -0.3 is 20.3 Å². The molecule has 1 saturated heterocycles. The second kappa shape index (κ2) is 18.3. The van der Waals surface area contributed by atoms with Crippen molar-refractivity contribution in [1.82, 2.24) is 20.3 Å². The average molecular weight is 977 g/mol. The largest absolute Gasteiger partial charge is 0.361 e. The molecular weight excluding hydrogens is 920 g/mol. The number of hydrogen-bond donors (Lipinski definition) is 4. The molecule has 1 fully saturated rings. The van der Waals surface area contributed by atoms with Crippen molar-refractivity contribution in [1.29, 1.82) is 0 Å². The zero-order valence-corrected chi connectivity index (χ0v) is 46.8. The SMILES string of the molecule is Cc1c(C)c(C)c(C2=c3ccc([nH]3)=Cc3ccc([nH]3)C(c3c(C)c(C)c(P(P)P)c(P(P)PP)c3P(P)P(P)P)=C3NC(=Cc4ccc2[nH]4)C(C)C3C)c(C)c1C. The summed E-state index contributed by atoms with van der Waals surface area (Å²) in [5.41, 5.74) is 21.8. The summed E-state index contributed by atoms with van der Waals surface area (Å²) >= 11 is 0. The van der Waals surface area contributed by atoms with E-state index in [0.29, 0.717) is 5.92 Å². The molecule has 2 aliphatic heterocycles. The molecule has 5 aromatic rings. The van der Waals surface area contributed by atoms with Crippen molar-refractivity contribution in [3.63, 3.8) is 0 Å². The Morgan fingerprint density at radius 3 is 1.70 bits per heavy atom. The first kappa shape index (κ1) is 45.5. The number of hydrogen-bond acceptors (Lipinski definition) is 1. The van der Waals surface area contributed by atoms with E-state index in [1.165, 1.54) is 77.9 Å². The lowest BCUT2D eigenvalue weighted by atomic mass is 9.85. The third kappa shape index (κ3) is 8.37. The lowest BCUT2D eigenvalue weighted by Gasteiger charge is -2.33. The Bertz CT molecular complexity index is 2580. The van der Waals surface area contributed by atoms with Crippen LogP contribution in [0.15, 0.2) is 47.8 Å². The number of rotatable bonds is 7. The molecule has 3 aromatic heterocycles. The molecule has 16 heteroatoms. The molecule has 2 aliphatic rings.